The maximum absolute atomic E-state index is 12.3. The first-order valence-corrected chi connectivity index (χ1v) is 11.0. The first kappa shape index (κ1) is 24.1. The third-order valence-corrected chi connectivity index (χ3v) is 5.68. The zero-order valence-corrected chi connectivity index (χ0v) is 19.8. The SMILES string of the molecule is COc1cc(CC(=O)OCc2csc(CC(=O)Nc3ccccc3C)n2)cc(OC)c1OC. The molecule has 1 aromatic heterocycles. The van der Waals surface area contributed by atoms with Crippen molar-refractivity contribution < 1.29 is 28.5 Å². The van der Waals surface area contributed by atoms with Crippen molar-refractivity contribution in [2.75, 3.05) is 26.6 Å². The van der Waals surface area contributed by atoms with Gasteiger partial charge in [-0.2, -0.15) is 0 Å². The molecule has 1 heterocycles. The van der Waals surface area contributed by atoms with E-state index in [1.165, 1.54) is 32.7 Å². The summed E-state index contributed by atoms with van der Waals surface area (Å²) < 4.78 is 21.3. The first-order valence-electron chi connectivity index (χ1n) is 10.2. The smallest absolute Gasteiger partial charge is 0.310 e. The van der Waals surface area contributed by atoms with E-state index in [-0.39, 0.29) is 25.4 Å². The Morgan fingerprint density at radius 1 is 1.00 bits per heavy atom. The molecule has 0 fully saturated rings. The number of aromatic nitrogens is 1. The monoisotopic (exact) mass is 470 g/mol. The van der Waals surface area contributed by atoms with Crippen LogP contribution in [0.5, 0.6) is 17.2 Å². The lowest BCUT2D eigenvalue weighted by molar-refractivity contribution is -0.144. The highest BCUT2D eigenvalue weighted by Gasteiger charge is 2.16. The molecule has 0 unspecified atom stereocenters. The van der Waals surface area contributed by atoms with Gasteiger partial charge in [0, 0.05) is 11.1 Å². The zero-order chi connectivity index (χ0) is 23.8. The van der Waals surface area contributed by atoms with Gasteiger partial charge in [0.15, 0.2) is 11.5 Å². The van der Waals surface area contributed by atoms with E-state index in [0.717, 1.165) is 11.3 Å². The number of ether oxygens (including phenoxy) is 4. The number of anilines is 1. The van der Waals surface area contributed by atoms with E-state index in [0.29, 0.717) is 33.5 Å². The second kappa shape index (κ2) is 11.3. The second-order valence-corrected chi connectivity index (χ2v) is 8.09. The minimum Gasteiger partial charge on any atom is -0.493 e. The number of esters is 1. The molecule has 174 valence electrons. The number of benzene rings is 2. The van der Waals surface area contributed by atoms with Crippen molar-refractivity contribution in [1.82, 2.24) is 4.98 Å². The molecule has 0 saturated carbocycles. The predicted octanol–water partition coefficient (Wildman–Crippen LogP) is 3.94. The lowest BCUT2D eigenvalue weighted by Crippen LogP contribution is -2.15. The number of carbonyl (C=O) groups excluding carboxylic acids is 2. The Morgan fingerprint density at radius 3 is 2.33 bits per heavy atom. The van der Waals surface area contributed by atoms with Crippen molar-refractivity contribution >= 4 is 28.9 Å². The van der Waals surface area contributed by atoms with Gasteiger partial charge >= 0.3 is 5.97 Å². The third-order valence-electron chi connectivity index (χ3n) is 4.78. The number of hydrogen-bond donors (Lipinski definition) is 1. The van der Waals surface area contributed by atoms with Gasteiger partial charge in [-0.05, 0) is 36.2 Å². The molecule has 8 nitrogen and oxygen atoms in total. The van der Waals surface area contributed by atoms with Crippen molar-refractivity contribution in [2.24, 2.45) is 0 Å². The highest BCUT2D eigenvalue weighted by molar-refractivity contribution is 7.09. The van der Waals surface area contributed by atoms with Gasteiger partial charge in [0.2, 0.25) is 11.7 Å². The van der Waals surface area contributed by atoms with Gasteiger partial charge in [0.25, 0.3) is 0 Å². The number of nitrogens with one attached hydrogen (secondary N) is 1. The molecular weight excluding hydrogens is 444 g/mol. The molecule has 33 heavy (non-hydrogen) atoms. The van der Waals surface area contributed by atoms with Crippen molar-refractivity contribution in [3.8, 4) is 17.2 Å². The van der Waals surface area contributed by atoms with Gasteiger partial charge in [-0.3, -0.25) is 9.59 Å². The number of aryl methyl sites for hydroxylation is 1. The molecule has 0 radical (unpaired) electrons. The molecule has 3 rings (SSSR count). The van der Waals surface area contributed by atoms with Crippen LogP contribution in [0.25, 0.3) is 0 Å². The number of hydrogen-bond acceptors (Lipinski definition) is 8. The van der Waals surface area contributed by atoms with Gasteiger partial charge in [-0.1, -0.05) is 18.2 Å². The Hall–Kier alpha value is -3.59. The second-order valence-electron chi connectivity index (χ2n) is 7.14. The fourth-order valence-corrected chi connectivity index (χ4v) is 3.93. The number of thiazole rings is 1. The van der Waals surface area contributed by atoms with Crippen LogP contribution in [-0.4, -0.2) is 38.2 Å². The van der Waals surface area contributed by atoms with E-state index in [4.69, 9.17) is 18.9 Å². The number of rotatable bonds is 10. The molecule has 0 bridgehead atoms. The van der Waals surface area contributed by atoms with Gasteiger partial charge < -0.3 is 24.3 Å². The Kier molecular flexibility index (Phi) is 8.26. The molecule has 0 spiro atoms. The minimum atomic E-state index is -0.420. The molecule has 0 atom stereocenters. The minimum absolute atomic E-state index is 0.0270. The average molecular weight is 471 g/mol. The molecule has 3 aromatic rings. The van der Waals surface area contributed by atoms with Crippen molar-refractivity contribution in [2.45, 2.75) is 26.4 Å². The summed E-state index contributed by atoms with van der Waals surface area (Å²) in [5, 5.41) is 5.32. The summed E-state index contributed by atoms with van der Waals surface area (Å²) in [5.41, 5.74) is 3.03. The van der Waals surface area contributed by atoms with Gasteiger partial charge in [-0.15, -0.1) is 11.3 Å². The predicted molar refractivity (Wildman–Crippen MR) is 125 cm³/mol. The summed E-state index contributed by atoms with van der Waals surface area (Å²) >= 11 is 1.35. The van der Waals surface area contributed by atoms with Crippen LogP contribution in [0.2, 0.25) is 0 Å². The maximum Gasteiger partial charge on any atom is 0.310 e. The number of nitrogens with zero attached hydrogens (tertiary/aromatic N) is 1. The normalized spacial score (nSPS) is 10.4. The van der Waals surface area contributed by atoms with Gasteiger partial charge in [0.1, 0.15) is 11.6 Å². The fraction of sp³-hybridized carbons (Fsp3) is 0.292. The van der Waals surface area contributed by atoms with Crippen LogP contribution in [0, 0.1) is 6.92 Å². The molecule has 0 aliphatic rings. The Bertz CT molecular complexity index is 1100. The molecule has 1 amide bonds. The summed E-state index contributed by atoms with van der Waals surface area (Å²) in [5.74, 6) is 0.819. The summed E-state index contributed by atoms with van der Waals surface area (Å²) in [6, 6.07) is 11.0. The van der Waals surface area contributed by atoms with E-state index in [1.54, 1.807) is 17.5 Å². The Morgan fingerprint density at radius 2 is 1.70 bits per heavy atom. The van der Waals surface area contributed by atoms with Crippen LogP contribution in [0.15, 0.2) is 41.8 Å². The average Bonchev–Trinajstić information content (AvgIpc) is 3.25. The fourth-order valence-electron chi connectivity index (χ4n) is 3.15. The molecule has 0 saturated heterocycles. The van der Waals surface area contributed by atoms with E-state index < -0.39 is 5.97 Å². The lowest BCUT2D eigenvalue weighted by atomic mass is 10.1. The maximum atomic E-state index is 12.3. The quantitative estimate of drug-likeness (QED) is 0.448. The van der Waals surface area contributed by atoms with Crippen molar-refractivity contribution in [3.63, 3.8) is 0 Å². The van der Waals surface area contributed by atoms with Crippen LogP contribution in [-0.2, 0) is 33.8 Å². The lowest BCUT2D eigenvalue weighted by Gasteiger charge is -2.13. The summed E-state index contributed by atoms with van der Waals surface area (Å²) in [4.78, 5) is 29.0. The standard InChI is InChI=1S/C24H26N2O6S/c1-15-7-5-6-8-18(15)26-21(27)12-22-25-17(14-33-22)13-32-23(28)11-16-9-19(29-2)24(31-4)20(10-16)30-3/h5-10,14H,11-13H2,1-4H3,(H,26,27). The molecule has 0 aliphatic heterocycles. The first-order chi connectivity index (χ1) is 15.9. The van der Waals surface area contributed by atoms with Crippen molar-refractivity contribution in [3.05, 3.63) is 63.6 Å². The number of methoxy groups -OCH3 is 3. The van der Waals surface area contributed by atoms with Crippen LogP contribution in [0.4, 0.5) is 5.69 Å². The number of carbonyl (C=O) groups is 2. The van der Waals surface area contributed by atoms with E-state index in [2.05, 4.69) is 10.3 Å². The van der Waals surface area contributed by atoms with Crippen LogP contribution in [0.1, 0.15) is 21.8 Å². The van der Waals surface area contributed by atoms with E-state index in [1.807, 2.05) is 31.2 Å². The highest BCUT2D eigenvalue weighted by Crippen LogP contribution is 2.38. The number of para-hydroxylation sites is 1. The van der Waals surface area contributed by atoms with Crippen LogP contribution in [0.3, 0.4) is 0 Å². The number of amides is 1. The van der Waals surface area contributed by atoms with E-state index in [9.17, 15) is 9.59 Å². The zero-order valence-electron chi connectivity index (χ0n) is 19.0. The summed E-state index contributed by atoms with van der Waals surface area (Å²) in [6.45, 7) is 1.96. The molecule has 9 heteroatoms. The molecule has 0 aliphatic carbocycles. The van der Waals surface area contributed by atoms with Gasteiger partial charge in [0.05, 0.1) is 39.9 Å². The van der Waals surface area contributed by atoms with Crippen molar-refractivity contribution in [1.29, 1.82) is 0 Å². The third kappa shape index (κ3) is 6.45. The van der Waals surface area contributed by atoms with Gasteiger partial charge in [-0.25, -0.2) is 4.98 Å². The topological polar surface area (TPSA) is 96.0 Å². The molecular formula is C24H26N2O6S. The van der Waals surface area contributed by atoms with E-state index >= 15 is 0 Å². The summed E-state index contributed by atoms with van der Waals surface area (Å²) in [6.07, 6.45) is 0.185. The summed E-state index contributed by atoms with van der Waals surface area (Å²) in [7, 11) is 4.55. The van der Waals surface area contributed by atoms with Crippen LogP contribution >= 0.6 is 11.3 Å². The molecule has 1 N–H and O–H groups in total. The Labute approximate surface area is 196 Å². The Balaban J connectivity index is 1.53. The largest absolute Gasteiger partial charge is 0.493 e. The molecule has 2 aromatic carbocycles. The highest BCUT2D eigenvalue weighted by atomic mass is 32.1. The van der Waals surface area contributed by atoms with Crippen LogP contribution < -0.4 is 19.5 Å².